The molecule has 1 unspecified atom stereocenters. The van der Waals surface area contributed by atoms with E-state index in [9.17, 15) is 4.79 Å². The standard InChI is InChI=1S/C20H25N3O/c1-17-16-23(20(24)21-19-10-6-3-7-11-19)15-14-22(17)13-12-18-8-4-2-5-9-18/h2-11,17H,12-16H2,1H3,(H,21,24). The van der Waals surface area contributed by atoms with Gasteiger partial charge in [-0.1, -0.05) is 48.5 Å². The zero-order chi connectivity index (χ0) is 16.8. The number of anilines is 1. The lowest BCUT2D eigenvalue weighted by molar-refractivity contribution is 0.104. The van der Waals surface area contributed by atoms with E-state index < -0.39 is 0 Å². The highest BCUT2D eigenvalue weighted by Gasteiger charge is 2.26. The van der Waals surface area contributed by atoms with E-state index in [0.29, 0.717) is 6.04 Å². The number of hydrogen-bond donors (Lipinski definition) is 1. The molecule has 2 aromatic carbocycles. The van der Waals surface area contributed by atoms with Gasteiger partial charge < -0.3 is 10.2 Å². The molecule has 2 amide bonds. The van der Waals surface area contributed by atoms with E-state index in [1.54, 1.807) is 0 Å². The zero-order valence-corrected chi connectivity index (χ0v) is 14.2. The van der Waals surface area contributed by atoms with Gasteiger partial charge in [-0.25, -0.2) is 4.79 Å². The van der Waals surface area contributed by atoms with Crippen molar-refractivity contribution >= 4 is 11.7 Å². The Morgan fingerprint density at radius 2 is 1.71 bits per heavy atom. The SMILES string of the molecule is CC1CN(C(=O)Nc2ccccc2)CCN1CCc1ccccc1. The smallest absolute Gasteiger partial charge is 0.321 e. The largest absolute Gasteiger partial charge is 0.322 e. The quantitative estimate of drug-likeness (QED) is 0.935. The molecule has 3 rings (SSSR count). The normalized spacial score (nSPS) is 18.4. The summed E-state index contributed by atoms with van der Waals surface area (Å²) in [6, 6.07) is 20.6. The maximum absolute atomic E-state index is 12.4. The fraction of sp³-hybridized carbons (Fsp3) is 0.350. The Hall–Kier alpha value is -2.33. The van der Waals surface area contributed by atoms with Gasteiger partial charge in [-0.3, -0.25) is 4.90 Å². The molecule has 126 valence electrons. The van der Waals surface area contributed by atoms with Crippen LogP contribution in [0.4, 0.5) is 10.5 Å². The van der Waals surface area contributed by atoms with Crippen LogP contribution >= 0.6 is 0 Å². The van der Waals surface area contributed by atoms with E-state index in [0.717, 1.165) is 38.3 Å². The second-order valence-electron chi connectivity index (χ2n) is 6.36. The maximum Gasteiger partial charge on any atom is 0.321 e. The number of nitrogens with zero attached hydrogens (tertiary/aromatic N) is 2. The first kappa shape index (κ1) is 16.5. The summed E-state index contributed by atoms with van der Waals surface area (Å²) in [4.78, 5) is 16.8. The lowest BCUT2D eigenvalue weighted by atomic mass is 10.1. The molecule has 1 saturated heterocycles. The highest BCUT2D eigenvalue weighted by molar-refractivity contribution is 5.89. The molecule has 0 aromatic heterocycles. The summed E-state index contributed by atoms with van der Waals surface area (Å²) in [5.74, 6) is 0. The number of rotatable bonds is 4. The van der Waals surface area contributed by atoms with Crippen molar-refractivity contribution in [1.82, 2.24) is 9.80 Å². The first-order valence-electron chi connectivity index (χ1n) is 8.61. The number of amides is 2. The third-order valence-corrected chi connectivity index (χ3v) is 4.61. The summed E-state index contributed by atoms with van der Waals surface area (Å²) in [5.41, 5.74) is 2.22. The molecule has 0 spiro atoms. The molecular weight excluding hydrogens is 298 g/mol. The minimum Gasteiger partial charge on any atom is -0.322 e. The molecule has 1 aliphatic rings. The topological polar surface area (TPSA) is 35.6 Å². The van der Waals surface area contributed by atoms with Gasteiger partial charge in [0.1, 0.15) is 0 Å². The van der Waals surface area contributed by atoms with Crippen molar-refractivity contribution in [3.05, 3.63) is 66.2 Å². The molecule has 4 nitrogen and oxygen atoms in total. The third kappa shape index (κ3) is 4.36. The molecule has 0 bridgehead atoms. The number of para-hydroxylation sites is 1. The van der Waals surface area contributed by atoms with E-state index in [1.165, 1.54) is 5.56 Å². The van der Waals surface area contributed by atoms with E-state index in [1.807, 2.05) is 35.2 Å². The molecular formula is C20H25N3O. The number of benzene rings is 2. The van der Waals surface area contributed by atoms with Gasteiger partial charge in [0.05, 0.1) is 0 Å². The maximum atomic E-state index is 12.4. The molecule has 0 aliphatic carbocycles. The van der Waals surface area contributed by atoms with Gasteiger partial charge in [0.2, 0.25) is 0 Å². The predicted octanol–water partition coefficient (Wildman–Crippen LogP) is 3.47. The second kappa shape index (κ2) is 7.97. The van der Waals surface area contributed by atoms with Gasteiger partial charge in [-0.2, -0.15) is 0 Å². The monoisotopic (exact) mass is 323 g/mol. The average molecular weight is 323 g/mol. The summed E-state index contributed by atoms with van der Waals surface area (Å²) < 4.78 is 0. The minimum atomic E-state index is -0.00393. The van der Waals surface area contributed by atoms with Crippen LogP contribution in [0.25, 0.3) is 0 Å². The van der Waals surface area contributed by atoms with Crippen molar-refractivity contribution in [2.75, 3.05) is 31.5 Å². The van der Waals surface area contributed by atoms with Gasteiger partial charge in [0.15, 0.2) is 0 Å². The van der Waals surface area contributed by atoms with E-state index in [4.69, 9.17) is 0 Å². The predicted molar refractivity (Wildman–Crippen MR) is 98.2 cm³/mol. The molecule has 1 heterocycles. The number of nitrogens with one attached hydrogen (secondary N) is 1. The van der Waals surface area contributed by atoms with Crippen molar-refractivity contribution in [3.8, 4) is 0 Å². The van der Waals surface area contributed by atoms with Crippen molar-refractivity contribution in [2.45, 2.75) is 19.4 Å². The highest BCUT2D eigenvalue weighted by atomic mass is 16.2. The Labute approximate surface area is 144 Å². The van der Waals surface area contributed by atoms with Gasteiger partial charge in [0, 0.05) is 37.9 Å². The number of urea groups is 1. The number of carbonyl (C=O) groups is 1. The number of hydrogen-bond acceptors (Lipinski definition) is 2. The van der Waals surface area contributed by atoms with Crippen LogP contribution in [0.15, 0.2) is 60.7 Å². The lowest BCUT2D eigenvalue weighted by Gasteiger charge is -2.39. The van der Waals surface area contributed by atoms with E-state index in [2.05, 4.69) is 47.5 Å². The van der Waals surface area contributed by atoms with Gasteiger partial charge in [0.25, 0.3) is 0 Å². The number of piperazine rings is 1. The van der Waals surface area contributed by atoms with Crippen LogP contribution in [0, 0.1) is 0 Å². The van der Waals surface area contributed by atoms with Gasteiger partial charge >= 0.3 is 6.03 Å². The van der Waals surface area contributed by atoms with Crippen molar-refractivity contribution in [3.63, 3.8) is 0 Å². The van der Waals surface area contributed by atoms with Crippen LogP contribution in [0.2, 0.25) is 0 Å². The molecule has 0 radical (unpaired) electrons. The van der Waals surface area contributed by atoms with Crippen LogP contribution in [0.5, 0.6) is 0 Å². The van der Waals surface area contributed by atoms with Crippen LogP contribution in [0.1, 0.15) is 12.5 Å². The van der Waals surface area contributed by atoms with Crippen LogP contribution in [0.3, 0.4) is 0 Å². The molecule has 4 heteroatoms. The summed E-state index contributed by atoms with van der Waals surface area (Å²) >= 11 is 0. The van der Waals surface area contributed by atoms with Crippen molar-refractivity contribution in [1.29, 1.82) is 0 Å². The van der Waals surface area contributed by atoms with E-state index >= 15 is 0 Å². The molecule has 1 aliphatic heterocycles. The summed E-state index contributed by atoms with van der Waals surface area (Å²) in [7, 11) is 0. The molecule has 1 N–H and O–H groups in total. The van der Waals surface area contributed by atoms with E-state index in [-0.39, 0.29) is 6.03 Å². The Morgan fingerprint density at radius 1 is 1.04 bits per heavy atom. The molecule has 1 atom stereocenters. The van der Waals surface area contributed by atoms with Crippen LogP contribution < -0.4 is 5.32 Å². The fourth-order valence-electron chi connectivity index (χ4n) is 3.15. The first-order chi connectivity index (χ1) is 11.7. The molecule has 2 aromatic rings. The van der Waals surface area contributed by atoms with Crippen molar-refractivity contribution in [2.24, 2.45) is 0 Å². The number of carbonyl (C=O) groups excluding carboxylic acids is 1. The summed E-state index contributed by atoms with van der Waals surface area (Å²) in [6.45, 7) is 5.72. The zero-order valence-electron chi connectivity index (χ0n) is 14.2. The van der Waals surface area contributed by atoms with Crippen LogP contribution in [-0.4, -0.2) is 48.1 Å². The second-order valence-corrected chi connectivity index (χ2v) is 6.36. The molecule has 24 heavy (non-hydrogen) atoms. The Morgan fingerprint density at radius 3 is 2.38 bits per heavy atom. The van der Waals surface area contributed by atoms with Crippen molar-refractivity contribution < 1.29 is 4.79 Å². The highest BCUT2D eigenvalue weighted by Crippen LogP contribution is 2.13. The Balaban J connectivity index is 1.48. The Bertz CT molecular complexity index is 644. The van der Waals surface area contributed by atoms with Gasteiger partial charge in [-0.15, -0.1) is 0 Å². The van der Waals surface area contributed by atoms with Crippen LogP contribution in [-0.2, 0) is 6.42 Å². The summed E-state index contributed by atoms with van der Waals surface area (Å²) in [5, 5.41) is 2.97. The lowest BCUT2D eigenvalue weighted by Crippen LogP contribution is -2.54. The average Bonchev–Trinajstić information content (AvgIpc) is 2.62. The molecule has 1 fully saturated rings. The minimum absolute atomic E-state index is 0.00393. The first-order valence-corrected chi connectivity index (χ1v) is 8.61. The molecule has 0 saturated carbocycles. The summed E-state index contributed by atoms with van der Waals surface area (Å²) in [6.07, 6.45) is 1.06. The fourth-order valence-corrected chi connectivity index (χ4v) is 3.15. The van der Waals surface area contributed by atoms with Gasteiger partial charge in [-0.05, 0) is 31.0 Å². The Kier molecular flexibility index (Phi) is 5.49. The third-order valence-electron chi connectivity index (χ3n) is 4.61.